The fourth-order valence-electron chi connectivity index (χ4n) is 1.89. The van der Waals surface area contributed by atoms with E-state index in [0.717, 1.165) is 5.56 Å². The van der Waals surface area contributed by atoms with Crippen molar-refractivity contribution >= 4 is 21.4 Å². The van der Waals surface area contributed by atoms with Crippen molar-refractivity contribution in [2.24, 2.45) is 0 Å². The number of rotatable bonds is 7. The van der Waals surface area contributed by atoms with Crippen LogP contribution in [-0.4, -0.2) is 25.8 Å². The van der Waals surface area contributed by atoms with E-state index in [0.29, 0.717) is 23.7 Å². The van der Waals surface area contributed by atoms with E-state index in [9.17, 15) is 8.42 Å². The van der Waals surface area contributed by atoms with E-state index in [4.69, 9.17) is 0 Å². The predicted molar refractivity (Wildman–Crippen MR) is 83.4 cm³/mol. The molecule has 1 aromatic carbocycles. The molecule has 0 saturated carbocycles. The maximum Gasteiger partial charge on any atom is 0.252 e. The Morgan fingerprint density at radius 3 is 2.50 bits per heavy atom. The van der Waals surface area contributed by atoms with Crippen molar-refractivity contribution in [3.8, 4) is 0 Å². The molecule has 0 fully saturated rings. The highest BCUT2D eigenvalue weighted by molar-refractivity contribution is 7.91. The molecule has 0 bridgehead atoms. The SMILES string of the molecule is C=CCN(CCc1ccccc1)S(=O)(=O)c1cccs1. The minimum atomic E-state index is -3.41. The first-order valence-electron chi connectivity index (χ1n) is 6.33. The summed E-state index contributed by atoms with van der Waals surface area (Å²) in [5.74, 6) is 0. The molecular formula is C15H17NO2S2. The molecule has 0 radical (unpaired) electrons. The quantitative estimate of drug-likeness (QED) is 0.737. The molecule has 5 heteroatoms. The van der Waals surface area contributed by atoms with Crippen LogP contribution in [0.3, 0.4) is 0 Å². The zero-order valence-electron chi connectivity index (χ0n) is 11.1. The minimum absolute atomic E-state index is 0.326. The molecule has 1 aromatic heterocycles. The van der Waals surface area contributed by atoms with E-state index in [-0.39, 0.29) is 0 Å². The molecule has 2 rings (SSSR count). The molecule has 1 heterocycles. The van der Waals surface area contributed by atoms with E-state index in [1.807, 2.05) is 30.3 Å². The zero-order valence-corrected chi connectivity index (χ0v) is 12.7. The van der Waals surface area contributed by atoms with Gasteiger partial charge < -0.3 is 0 Å². The molecule has 106 valence electrons. The second-order valence-electron chi connectivity index (χ2n) is 4.32. The van der Waals surface area contributed by atoms with Gasteiger partial charge in [0, 0.05) is 13.1 Å². The van der Waals surface area contributed by atoms with Gasteiger partial charge in [-0.25, -0.2) is 8.42 Å². The lowest BCUT2D eigenvalue weighted by molar-refractivity contribution is 0.447. The third-order valence-corrected chi connectivity index (χ3v) is 6.15. The van der Waals surface area contributed by atoms with Crippen LogP contribution in [0.1, 0.15) is 5.56 Å². The van der Waals surface area contributed by atoms with Crippen molar-refractivity contribution in [3.05, 3.63) is 66.1 Å². The first-order chi connectivity index (χ1) is 9.64. The van der Waals surface area contributed by atoms with E-state index >= 15 is 0 Å². The average molecular weight is 307 g/mol. The summed E-state index contributed by atoms with van der Waals surface area (Å²) in [6.45, 7) is 4.43. The van der Waals surface area contributed by atoms with E-state index in [2.05, 4.69) is 6.58 Å². The van der Waals surface area contributed by atoms with Crippen LogP contribution in [0.2, 0.25) is 0 Å². The number of nitrogens with zero attached hydrogens (tertiary/aromatic N) is 1. The van der Waals surface area contributed by atoms with Crippen LogP contribution in [0.4, 0.5) is 0 Å². The third-order valence-electron chi connectivity index (χ3n) is 2.91. The Bertz CT molecular complexity index is 634. The van der Waals surface area contributed by atoms with Crippen molar-refractivity contribution in [3.63, 3.8) is 0 Å². The monoisotopic (exact) mass is 307 g/mol. The molecule has 0 aliphatic carbocycles. The first-order valence-corrected chi connectivity index (χ1v) is 8.65. The highest BCUT2D eigenvalue weighted by Crippen LogP contribution is 2.21. The van der Waals surface area contributed by atoms with Crippen molar-refractivity contribution in [2.45, 2.75) is 10.6 Å². The molecule has 0 atom stereocenters. The summed E-state index contributed by atoms with van der Waals surface area (Å²) in [5.41, 5.74) is 1.13. The molecule has 0 amide bonds. The number of sulfonamides is 1. The summed E-state index contributed by atoms with van der Waals surface area (Å²) < 4.78 is 26.8. The van der Waals surface area contributed by atoms with Gasteiger partial charge in [-0.15, -0.1) is 17.9 Å². The Balaban J connectivity index is 2.13. The van der Waals surface area contributed by atoms with Crippen molar-refractivity contribution in [1.82, 2.24) is 4.31 Å². The van der Waals surface area contributed by atoms with Gasteiger partial charge in [0.25, 0.3) is 10.0 Å². The van der Waals surface area contributed by atoms with Crippen LogP contribution < -0.4 is 0 Å². The van der Waals surface area contributed by atoms with Gasteiger partial charge in [-0.05, 0) is 23.4 Å². The van der Waals surface area contributed by atoms with Gasteiger partial charge >= 0.3 is 0 Å². The molecule has 0 saturated heterocycles. The average Bonchev–Trinajstić information content (AvgIpc) is 2.99. The lowest BCUT2D eigenvalue weighted by Gasteiger charge is -2.19. The third kappa shape index (κ3) is 3.56. The van der Waals surface area contributed by atoms with Crippen LogP contribution in [0.5, 0.6) is 0 Å². The Hall–Kier alpha value is -1.43. The smallest absolute Gasteiger partial charge is 0.206 e. The Kier molecular flexibility index (Phi) is 5.11. The standard InChI is InChI=1S/C15H17NO2S2/c1-2-11-16(12-10-14-7-4-3-5-8-14)20(17,18)15-9-6-13-19-15/h2-9,13H,1,10-12H2. The molecular weight excluding hydrogens is 290 g/mol. The van der Waals surface area contributed by atoms with Crippen molar-refractivity contribution < 1.29 is 8.42 Å². The zero-order chi connectivity index (χ0) is 14.4. The maximum absolute atomic E-state index is 12.5. The normalized spacial score (nSPS) is 11.7. The van der Waals surface area contributed by atoms with Crippen LogP contribution in [0.15, 0.2) is 64.7 Å². The molecule has 0 spiro atoms. The summed E-state index contributed by atoms with van der Waals surface area (Å²) in [7, 11) is -3.41. The summed E-state index contributed by atoms with van der Waals surface area (Å²) in [6.07, 6.45) is 2.31. The van der Waals surface area contributed by atoms with Crippen molar-refractivity contribution in [1.29, 1.82) is 0 Å². The molecule has 20 heavy (non-hydrogen) atoms. The number of thiophene rings is 1. The topological polar surface area (TPSA) is 37.4 Å². The van der Waals surface area contributed by atoms with Crippen LogP contribution in [-0.2, 0) is 16.4 Å². The lowest BCUT2D eigenvalue weighted by atomic mass is 10.1. The van der Waals surface area contributed by atoms with Crippen LogP contribution in [0, 0.1) is 0 Å². The highest BCUT2D eigenvalue weighted by atomic mass is 32.2. The second-order valence-corrected chi connectivity index (χ2v) is 7.43. The second kappa shape index (κ2) is 6.83. The molecule has 0 aliphatic heterocycles. The van der Waals surface area contributed by atoms with E-state index < -0.39 is 10.0 Å². The minimum Gasteiger partial charge on any atom is -0.206 e. The van der Waals surface area contributed by atoms with Crippen LogP contribution in [0.25, 0.3) is 0 Å². The predicted octanol–water partition coefficient (Wildman–Crippen LogP) is 3.17. The molecule has 0 aliphatic rings. The Labute approximate surface area is 124 Å². The summed E-state index contributed by atoms with van der Waals surface area (Å²) in [5, 5.41) is 1.77. The van der Waals surface area contributed by atoms with Gasteiger partial charge in [0.1, 0.15) is 4.21 Å². The van der Waals surface area contributed by atoms with Gasteiger partial charge in [0.2, 0.25) is 0 Å². The maximum atomic E-state index is 12.5. The fourth-order valence-corrected chi connectivity index (χ4v) is 4.45. The van der Waals surface area contributed by atoms with Gasteiger partial charge in [0.05, 0.1) is 0 Å². The summed E-state index contributed by atoms with van der Waals surface area (Å²) in [6, 6.07) is 13.3. The summed E-state index contributed by atoms with van der Waals surface area (Å²) >= 11 is 1.24. The number of benzene rings is 1. The molecule has 0 unspecified atom stereocenters. The van der Waals surface area contributed by atoms with Gasteiger partial charge in [-0.2, -0.15) is 4.31 Å². The Morgan fingerprint density at radius 1 is 1.15 bits per heavy atom. The molecule has 3 nitrogen and oxygen atoms in total. The Morgan fingerprint density at radius 2 is 1.90 bits per heavy atom. The molecule has 0 N–H and O–H groups in total. The first kappa shape index (κ1) is 15.0. The van der Waals surface area contributed by atoms with Gasteiger partial charge in [-0.3, -0.25) is 0 Å². The van der Waals surface area contributed by atoms with E-state index in [1.165, 1.54) is 15.6 Å². The summed E-state index contributed by atoms with van der Waals surface area (Å²) in [4.78, 5) is 0. The van der Waals surface area contributed by atoms with Gasteiger partial charge in [-0.1, -0.05) is 42.5 Å². The number of hydrogen-bond donors (Lipinski definition) is 0. The van der Waals surface area contributed by atoms with Crippen molar-refractivity contribution in [2.75, 3.05) is 13.1 Å². The molecule has 2 aromatic rings. The number of hydrogen-bond acceptors (Lipinski definition) is 3. The largest absolute Gasteiger partial charge is 0.252 e. The van der Waals surface area contributed by atoms with Crippen LogP contribution >= 0.6 is 11.3 Å². The highest BCUT2D eigenvalue weighted by Gasteiger charge is 2.23. The van der Waals surface area contributed by atoms with Gasteiger partial charge in [0.15, 0.2) is 0 Å². The lowest BCUT2D eigenvalue weighted by Crippen LogP contribution is -2.32. The fraction of sp³-hybridized carbons (Fsp3) is 0.200. The van der Waals surface area contributed by atoms with E-state index in [1.54, 1.807) is 23.6 Å².